The summed E-state index contributed by atoms with van der Waals surface area (Å²) < 4.78 is 1.27. The molecule has 2 aromatic rings. The van der Waals surface area contributed by atoms with Gasteiger partial charge in [-0.25, -0.2) is 0 Å². The van der Waals surface area contributed by atoms with Crippen LogP contribution in [0.25, 0.3) is 0 Å². The Labute approximate surface area is 144 Å². The molecule has 2 rings (SSSR count). The Morgan fingerprint density at radius 3 is 2.48 bits per heavy atom. The Hall–Kier alpha value is -0.200. The predicted molar refractivity (Wildman–Crippen MR) is 98.4 cm³/mol. The zero-order valence-electron chi connectivity index (χ0n) is 12.9. The van der Waals surface area contributed by atoms with Gasteiger partial charge in [0.1, 0.15) is 0 Å². The average Bonchev–Trinajstić information content (AvgIpc) is 3.00. The van der Waals surface area contributed by atoms with Crippen molar-refractivity contribution in [1.82, 2.24) is 9.80 Å². The molecule has 0 saturated heterocycles. The Morgan fingerprint density at radius 1 is 1.14 bits per heavy atom. The van der Waals surface area contributed by atoms with Crippen LogP contribution in [0.3, 0.4) is 0 Å². The molecule has 21 heavy (non-hydrogen) atoms. The highest BCUT2D eigenvalue weighted by Crippen LogP contribution is 2.28. The number of aryl methyl sites for hydroxylation is 1. The molecule has 0 fully saturated rings. The summed E-state index contributed by atoms with van der Waals surface area (Å²) >= 11 is 7.35. The molecule has 5 heteroatoms. The van der Waals surface area contributed by atoms with Gasteiger partial charge in [-0.1, -0.05) is 6.07 Å². The summed E-state index contributed by atoms with van der Waals surface area (Å²) in [4.78, 5) is 7.72. The van der Waals surface area contributed by atoms with Crippen LogP contribution in [0.1, 0.15) is 21.7 Å². The van der Waals surface area contributed by atoms with Crippen LogP contribution in [0.5, 0.6) is 0 Å². The van der Waals surface area contributed by atoms with Gasteiger partial charge in [-0.15, -0.1) is 22.7 Å². The maximum absolute atomic E-state index is 3.63. The fourth-order valence-electron chi connectivity index (χ4n) is 2.27. The molecule has 0 spiro atoms. The summed E-state index contributed by atoms with van der Waals surface area (Å²) in [6, 6.07) is 6.69. The third-order valence-corrected chi connectivity index (χ3v) is 6.31. The first-order chi connectivity index (χ1) is 10.0. The molecule has 0 saturated carbocycles. The minimum Gasteiger partial charge on any atom is -0.309 e. The summed E-state index contributed by atoms with van der Waals surface area (Å²) in [6.45, 7) is 6.56. The van der Waals surface area contributed by atoms with Crippen LogP contribution in [-0.4, -0.2) is 37.0 Å². The predicted octanol–water partition coefficient (Wildman–Crippen LogP) is 4.83. The summed E-state index contributed by atoms with van der Waals surface area (Å²) in [7, 11) is 4.28. The summed E-state index contributed by atoms with van der Waals surface area (Å²) in [6.07, 6.45) is 1.21. The van der Waals surface area contributed by atoms with Gasteiger partial charge < -0.3 is 4.90 Å². The van der Waals surface area contributed by atoms with Gasteiger partial charge in [0.05, 0.1) is 3.79 Å². The zero-order valence-corrected chi connectivity index (χ0v) is 16.2. The summed E-state index contributed by atoms with van der Waals surface area (Å²) in [5.74, 6) is 0. The molecule has 0 bridgehead atoms. The van der Waals surface area contributed by atoms with Crippen molar-refractivity contribution in [3.05, 3.63) is 42.7 Å². The average molecular weight is 387 g/mol. The molecule has 2 nitrogen and oxygen atoms in total. The Bertz CT molecular complexity index is 515. The first-order valence-corrected chi connectivity index (χ1v) is 9.68. The highest BCUT2D eigenvalue weighted by Gasteiger charge is 2.11. The van der Waals surface area contributed by atoms with Crippen LogP contribution in [-0.2, 0) is 13.1 Å². The van der Waals surface area contributed by atoms with Crippen molar-refractivity contribution in [1.29, 1.82) is 0 Å². The highest BCUT2D eigenvalue weighted by molar-refractivity contribution is 9.11. The number of halogens is 1. The molecule has 0 aliphatic heterocycles. The first kappa shape index (κ1) is 17.2. The van der Waals surface area contributed by atoms with Crippen molar-refractivity contribution in [2.24, 2.45) is 0 Å². The monoisotopic (exact) mass is 386 g/mol. The lowest BCUT2D eigenvalue weighted by molar-refractivity contribution is 0.243. The number of hydrogen-bond acceptors (Lipinski definition) is 4. The number of thiophene rings is 2. The normalized spacial score (nSPS) is 11.7. The standard InChI is InChI=1S/C16H23BrN2S2/c1-13-10-15(21-16(13)17)12-19(8-5-7-18(2)3)11-14-6-4-9-20-14/h4,6,9-10H,5,7-8,11-12H2,1-3H3. The smallest absolute Gasteiger partial charge is 0.0730 e. The van der Waals surface area contributed by atoms with Gasteiger partial charge in [0.2, 0.25) is 0 Å². The van der Waals surface area contributed by atoms with Crippen LogP contribution in [0.4, 0.5) is 0 Å². The van der Waals surface area contributed by atoms with Gasteiger partial charge in [0, 0.05) is 29.4 Å². The SMILES string of the molecule is Cc1cc(CN(CCCN(C)C)Cc2cccs2)sc1Br. The molecular weight excluding hydrogens is 364 g/mol. The highest BCUT2D eigenvalue weighted by atomic mass is 79.9. The first-order valence-electron chi connectivity index (χ1n) is 7.19. The van der Waals surface area contributed by atoms with Crippen LogP contribution < -0.4 is 0 Å². The fraction of sp³-hybridized carbons (Fsp3) is 0.500. The van der Waals surface area contributed by atoms with Gasteiger partial charge in [-0.05, 0) is 73.0 Å². The molecule has 0 aliphatic rings. The van der Waals surface area contributed by atoms with E-state index in [1.807, 2.05) is 22.7 Å². The van der Waals surface area contributed by atoms with Crippen LogP contribution >= 0.6 is 38.6 Å². The minimum absolute atomic E-state index is 1.04. The second kappa shape index (κ2) is 8.44. The van der Waals surface area contributed by atoms with E-state index < -0.39 is 0 Å². The Morgan fingerprint density at radius 2 is 1.90 bits per heavy atom. The van der Waals surface area contributed by atoms with Crippen molar-refractivity contribution >= 4 is 38.6 Å². The Balaban J connectivity index is 1.96. The van der Waals surface area contributed by atoms with Crippen molar-refractivity contribution < 1.29 is 0 Å². The third-order valence-electron chi connectivity index (χ3n) is 3.33. The van der Waals surface area contributed by atoms with E-state index in [4.69, 9.17) is 0 Å². The van der Waals surface area contributed by atoms with E-state index in [1.54, 1.807) is 0 Å². The third kappa shape index (κ3) is 5.83. The van der Waals surface area contributed by atoms with Crippen LogP contribution in [0.2, 0.25) is 0 Å². The maximum Gasteiger partial charge on any atom is 0.0730 e. The van der Waals surface area contributed by atoms with E-state index >= 15 is 0 Å². The molecule has 0 atom stereocenters. The number of rotatable bonds is 8. The second-order valence-corrected chi connectivity index (χ2v) is 9.10. The van der Waals surface area contributed by atoms with Crippen LogP contribution in [0, 0.1) is 6.92 Å². The molecule has 0 aliphatic carbocycles. The maximum atomic E-state index is 3.63. The Kier molecular flexibility index (Phi) is 6.89. The molecular formula is C16H23BrN2S2. The molecule has 0 radical (unpaired) electrons. The van der Waals surface area contributed by atoms with E-state index in [9.17, 15) is 0 Å². The van der Waals surface area contributed by atoms with Gasteiger partial charge in [-0.3, -0.25) is 4.90 Å². The van der Waals surface area contributed by atoms with E-state index in [1.165, 1.54) is 25.5 Å². The largest absolute Gasteiger partial charge is 0.309 e. The molecule has 2 heterocycles. The molecule has 0 amide bonds. The lowest BCUT2D eigenvalue weighted by Crippen LogP contribution is -2.26. The zero-order chi connectivity index (χ0) is 15.2. The summed E-state index contributed by atoms with van der Waals surface area (Å²) in [5.41, 5.74) is 1.35. The quantitative estimate of drug-likeness (QED) is 0.640. The van der Waals surface area contributed by atoms with E-state index in [-0.39, 0.29) is 0 Å². The van der Waals surface area contributed by atoms with Crippen LogP contribution in [0.15, 0.2) is 27.4 Å². The van der Waals surface area contributed by atoms with Gasteiger partial charge in [0.25, 0.3) is 0 Å². The number of nitrogens with zero attached hydrogens (tertiary/aromatic N) is 2. The lowest BCUT2D eigenvalue weighted by atomic mass is 10.3. The van der Waals surface area contributed by atoms with Crippen molar-refractivity contribution in [2.75, 3.05) is 27.2 Å². The number of hydrogen-bond donors (Lipinski definition) is 0. The fourth-order valence-corrected chi connectivity index (χ4v) is 4.69. The second-order valence-electron chi connectivity index (χ2n) is 5.62. The molecule has 116 valence electrons. The molecule has 0 N–H and O–H groups in total. The lowest BCUT2D eigenvalue weighted by Gasteiger charge is -2.22. The van der Waals surface area contributed by atoms with E-state index in [0.717, 1.165) is 26.2 Å². The van der Waals surface area contributed by atoms with Crippen molar-refractivity contribution in [2.45, 2.75) is 26.4 Å². The topological polar surface area (TPSA) is 6.48 Å². The molecule has 0 unspecified atom stereocenters. The molecule has 0 aromatic carbocycles. The van der Waals surface area contributed by atoms with Crippen molar-refractivity contribution in [3.63, 3.8) is 0 Å². The van der Waals surface area contributed by atoms with Gasteiger partial charge in [0.15, 0.2) is 0 Å². The van der Waals surface area contributed by atoms with Crippen molar-refractivity contribution in [3.8, 4) is 0 Å². The molecule has 2 aromatic heterocycles. The van der Waals surface area contributed by atoms with E-state index in [2.05, 4.69) is 70.3 Å². The van der Waals surface area contributed by atoms with E-state index in [0.29, 0.717) is 0 Å². The summed E-state index contributed by atoms with van der Waals surface area (Å²) in [5, 5.41) is 2.17. The minimum atomic E-state index is 1.04. The van der Waals surface area contributed by atoms with Gasteiger partial charge >= 0.3 is 0 Å². The van der Waals surface area contributed by atoms with Gasteiger partial charge in [-0.2, -0.15) is 0 Å².